The fourth-order valence-corrected chi connectivity index (χ4v) is 4.92. The van der Waals surface area contributed by atoms with Gasteiger partial charge in [-0.25, -0.2) is 8.42 Å². The van der Waals surface area contributed by atoms with E-state index in [4.69, 9.17) is 34.8 Å². The molecule has 1 unspecified atom stereocenters. The van der Waals surface area contributed by atoms with Crippen LogP contribution >= 0.6 is 34.8 Å². The smallest absolute Gasteiger partial charge is 0.350 e. The Labute approximate surface area is 234 Å². The number of carbonyl (C=O) groups is 2. The van der Waals surface area contributed by atoms with Crippen molar-refractivity contribution < 1.29 is 31.2 Å². The molecule has 0 saturated carbocycles. The lowest BCUT2D eigenvalue weighted by Crippen LogP contribution is -2.54. The summed E-state index contributed by atoms with van der Waals surface area (Å²) in [5.74, 6) is -1.39. The molecular weight excluding hydrogens is 590 g/mol. The molecule has 0 aliphatic carbocycles. The number of carbonyl (C=O) groups excluding carboxylic acids is 2. The number of hydrogen-bond acceptors (Lipinski definition) is 4. The van der Waals surface area contributed by atoms with Gasteiger partial charge in [-0.3, -0.25) is 13.9 Å². The molecule has 1 atom stereocenters. The van der Waals surface area contributed by atoms with Crippen LogP contribution in [0.3, 0.4) is 0 Å². The Kier molecular flexibility index (Phi) is 10.0. The van der Waals surface area contributed by atoms with Crippen LogP contribution in [0.2, 0.25) is 15.1 Å². The Bertz CT molecular complexity index is 1320. The lowest BCUT2D eigenvalue weighted by molar-refractivity contribution is -0.140. The average Bonchev–Trinajstić information content (AvgIpc) is 2.74. The van der Waals surface area contributed by atoms with E-state index in [9.17, 15) is 31.2 Å². The average molecular weight is 617 g/mol. The molecule has 0 bridgehead atoms. The lowest BCUT2D eigenvalue weighted by Gasteiger charge is -2.33. The van der Waals surface area contributed by atoms with Crippen molar-refractivity contribution in [2.75, 3.05) is 17.1 Å². The summed E-state index contributed by atoms with van der Waals surface area (Å²) in [4.78, 5) is 27.6. The first-order valence-corrected chi connectivity index (χ1v) is 14.1. The minimum Gasteiger partial charge on any atom is -0.350 e. The van der Waals surface area contributed by atoms with Crippen molar-refractivity contribution >= 4 is 62.3 Å². The molecule has 38 heavy (non-hydrogen) atoms. The number of alkyl halides is 3. The van der Waals surface area contributed by atoms with Gasteiger partial charge in [0.25, 0.3) is 0 Å². The van der Waals surface area contributed by atoms with Crippen molar-refractivity contribution in [3.8, 4) is 0 Å². The quantitative estimate of drug-likeness (QED) is 0.409. The van der Waals surface area contributed by atoms with E-state index in [1.165, 1.54) is 19.1 Å². The molecule has 2 amide bonds. The van der Waals surface area contributed by atoms with E-state index in [1.54, 1.807) is 26.8 Å². The third-order valence-electron chi connectivity index (χ3n) is 5.24. The second kappa shape index (κ2) is 11.9. The molecular formula is C24H27Cl3F3N3O4S. The SMILES string of the molecule is CC(C(=O)NC(C)(C)C)N(Cc1ccc(Cl)cc1Cl)C(=O)CN(c1ccc(Cl)c(C(F)(F)F)c1)S(C)(=O)=O. The molecule has 1 N–H and O–H groups in total. The third-order valence-corrected chi connectivity index (χ3v) is 7.30. The van der Waals surface area contributed by atoms with Gasteiger partial charge < -0.3 is 10.2 Å². The summed E-state index contributed by atoms with van der Waals surface area (Å²) in [6.07, 6.45) is -4.12. The summed E-state index contributed by atoms with van der Waals surface area (Å²) in [6, 6.07) is 5.91. The first-order valence-electron chi connectivity index (χ1n) is 11.1. The van der Waals surface area contributed by atoms with Crippen molar-refractivity contribution in [1.29, 1.82) is 0 Å². The van der Waals surface area contributed by atoms with E-state index in [-0.39, 0.29) is 11.6 Å². The normalized spacial score (nSPS) is 13.1. The molecule has 7 nitrogen and oxygen atoms in total. The Morgan fingerprint density at radius 2 is 1.61 bits per heavy atom. The molecule has 2 rings (SSSR count). The van der Waals surface area contributed by atoms with Crippen LogP contribution in [0, 0.1) is 0 Å². The van der Waals surface area contributed by atoms with Crippen molar-refractivity contribution in [2.45, 2.75) is 52.0 Å². The number of benzene rings is 2. The molecule has 0 radical (unpaired) electrons. The largest absolute Gasteiger partial charge is 0.417 e. The van der Waals surface area contributed by atoms with Gasteiger partial charge in [0.05, 0.1) is 22.5 Å². The van der Waals surface area contributed by atoms with Gasteiger partial charge in [-0.15, -0.1) is 0 Å². The molecule has 2 aromatic carbocycles. The van der Waals surface area contributed by atoms with Crippen LogP contribution in [0.5, 0.6) is 0 Å². The van der Waals surface area contributed by atoms with E-state index in [0.717, 1.165) is 23.3 Å². The molecule has 0 fully saturated rings. The topological polar surface area (TPSA) is 86.8 Å². The van der Waals surface area contributed by atoms with Gasteiger partial charge in [0.2, 0.25) is 21.8 Å². The van der Waals surface area contributed by atoms with Crippen LogP contribution in [0.15, 0.2) is 36.4 Å². The molecule has 0 saturated heterocycles. The minimum absolute atomic E-state index is 0.200. The van der Waals surface area contributed by atoms with Crippen molar-refractivity contribution in [2.24, 2.45) is 0 Å². The Hall–Kier alpha value is -2.21. The van der Waals surface area contributed by atoms with Gasteiger partial charge >= 0.3 is 6.18 Å². The second-order valence-corrected chi connectivity index (χ2v) is 12.8. The number of anilines is 1. The first-order chi connectivity index (χ1) is 17.2. The van der Waals surface area contributed by atoms with Gasteiger partial charge in [0, 0.05) is 22.1 Å². The summed E-state index contributed by atoms with van der Waals surface area (Å²) in [5.41, 5.74) is -1.92. The fourth-order valence-electron chi connectivity index (χ4n) is 3.39. The molecule has 14 heteroatoms. The predicted molar refractivity (Wildman–Crippen MR) is 143 cm³/mol. The maximum Gasteiger partial charge on any atom is 0.417 e. The molecule has 0 heterocycles. The fraction of sp³-hybridized carbons (Fsp3) is 0.417. The Balaban J connectivity index is 2.53. The van der Waals surface area contributed by atoms with Crippen LogP contribution in [0.1, 0.15) is 38.8 Å². The van der Waals surface area contributed by atoms with E-state index < -0.39 is 62.4 Å². The van der Waals surface area contributed by atoms with Crippen LogP contribution in [-0.2, 0) is 32.3 Å². The van der Waals surface area contributed by atoms with Crippen molar-refractivity contribution in [1.82, 2.24) is 10.2 Å². The van der Waals surface area contributed by atoms with Crippen LogP contribution in [0.25, 0.3) is 0 Å². The zero-order valence-electron chi connectivity index (χ0n) is 21.2. The summed E-state index contributed by atoms with van der Waals surface area (Å²) >= 11 is 17.9. The Morgan fingerprint density at radius 3 is 2.11 bits per heavy atom. The van der Waals surface area contributed by atoms with E-state index in [0.29, 0.717) is 21.0 Å². The zero-order valence-corrected chi connectivity index (χ0v) is 24.2. The monoisotopic (exact) mass is 615 g/mol. The molecule has 2 aromatic rings. The first kappa shape index (κ1) is 32.0. The highest BCUT2D eigenvalue weighted by Crippen LogP contribution is 2.37. The third kappa shape index (κ3) is 8.65. The number of amides is 2. The van der Waals surface area contributed by atoms with Gasteiger partial charge in [-0.2, -0.15) is 13.2 Å². The number of hydrogen-bond donors (Lipinski definition) is 1. The minimum atomic E-state index is -4.86. The second-order valence-electron chi connectivity index (χ2n) is 9.60. The number of sulfonamides is 1. The maximum absolute atomic E-state index is 13.5. The van der Waals surface area contributed by atoms with Crippen molar-refractivity contribution in [3.05, 3.63) is 62.6 Å². The maximum atomic E-state index is 13.5. The van der Waals surface area contributed by atoms with Crippen molar-refractivity contribution in [3.63, 3.8) is 0 Å². The highest BCUT2D eigenvalue weighted by atomic mass is 35.5. The lowest BCUT2D eigenvalue weighted by atomic mass is 10.1. The standard InChI is InChI=1S/C24H27Cl3F3N3O4S/c1-14(22(35)31-23(2,3)4)32(12-15-6-7-16(25)10-20(15)27)21(34)13-33(38(5,36)37)17-8-9-19(26)18(11-17)24(28,29)30/h6-11,14H,12-13H2,1-5H3,(H,31,35). The predicted octanol–water partition coefficient (Wildman–Crippen LogP) is 5.76. The highest BCUT2D eigenvalue weighted by Gasteiger charge is 2.36. The number of nitrogens with zero attached hydrogens (tertiary/aromatic N) is 2. The molecule has 0 aromatic heterocycles. The van der Waals surface area contributed by atoms with E-state index in [2.05, 4.69) is 5.32 Å². The summed E-state index contributed by atoms with van der Waals surface area (Å²) in [7, 11) is -4.25. The zero-order chi connectivity index (χ0) is 29.2. The van der Waals surface area contributed by atoms with Gasteiger partial charge in [-0.1, -0.05) is 40.9 Å². The van der Waals surface area contributed by atoms with E-state index >= 15 is 0 Å². The molecule has 0 aliphatic rings. The van der Waals surface area contributed by atoms with Gasteiger partial charge in [0.1, 0.15) is 12.6 Å². The Morgan fingerprint density at radius 1 is 1.00 bits per heavy atom. The number of rotatable bonds is 8. The summed E-state index contributed by atoms with van der Waals surface area (Å²) in [6.45, 7) is 5.56. The van der Waals surface area contributed by atoms with Crippen LogP contribution in [-0.4, -0.2) is 49.5 Å². The van der Waals surface area contributed by atoms with Gasteiger partial charge in [-0.05, 0) is 63.6 Å². The molecule has 210 valence electrons. The molecule has 0 spiro atoms. The van der Waals surface area contributed by atoms with Gasteiger partial charge in [0.15, 0.2) is 0 Å². The van der Waals surface area contributed by atoms with Crippen LogP contribution in [0.4, 0.5) is 18.9 Å². The highest BCUT2D eigenvalue weighted by molar-refractivity contribution is 7.92. The summed E-state index contributed by atoms with van der Waals surface area (Å²) in [5, 5.41) is 2.65. The van der Waals surface area contributed by atoms with E-state index in [1.807, 2.05) is 0 Å². The van der Waals surface area contributed by atoms with Crippen LogP contribution < -0.4 is 9.62 Å². The molecule has 0 aliphatic heterocycles. The number of halogens is 6. The number of nitrogens with one attached hydrogen (secondary N) is 1. The summed E-state index contributed by atoms with van der Waals surface area (Å²) < 4.78 is 66.0.